The first-order valence-electron chi connectivity index (χ1n) is 4.33. The molecule has 0 spiro atoms. The van der Waals surface area contributed by atoms with Crippen LogP contribution >= 0.6 is 0 Å². The van der Waals surface area contributed by atoms with Gasteiger partial charge in [-0.05, 0) is 19.1 Å². The molecule has 0 fully saturated rings. The van der Waals surface area contributed by atoms with Crippen LogP contribution in [0.25, 0.3) is 0 Å². The fraction of sp³-hybridized carbons (Fsp3) is 0.182. The van der Waals surface area contributed by atoms with E-state index in [9.17, 15) is 9.90 Å². The quantitative estimate of drug-likeness (QED) is 0.627. The molecule has 3 N–H and O–H groups in total. The van der Waals surface area contributed by atoms with Crippen molar-refractivity contribution in [2.75, 3.05) is 0 Å². The maximum Gasteiger partial charge on any atom is 0.255 e. The minimum atomic E-state index is -0.474. The Hall–Kier alpha value is -2.15. The second-order valence-corrected chi connectivity index (χ2v) is 3.06. The molecule has 0 aliphatic rings. The summed E-state index contributed by atoms with van der Waals surface area (Å²) in [5.74, 6) is 1.48. The molecule has 0 aromatic heterocycles. The Balaban J connectivity index is 2.88. The van der Waals surface area contributed by atoms with Crippen molar-refractivity contribution < 1.29 is 15.0 Å². The molecular weight excluding hydrogens is 194 g/mol. The number of phenols is 2. The van der Waals surface area contributed by atoms with Crippen LogP contribution in [0.2, 0.25) is 0 Å². The predicted molar refractivity (Wildman–Crippen MR) is 55.5 cm³/mol. The van der Waals surface area contributed by atoms with Crippen LogP contribution in [0.4, 0.5) is 0 Å². The van der Waals surface area contributed by atoms with E-state index in [-0.39, 0.29) is 17.1 Å². The predicted octanol–water partition coefficient (Wildman–Crippen LogP) is 0.849. The third-order valence-electron chi connectivity index (χ3n) is 1.82. The van der Waals surface area contributed by atoms with Crippen LogP contribution in [0, 0.1) is 12.3 Å². The van der Waals surface area contributed by atoms with Crippen molar-refractivity contribution in [3.63, 3.8) is 0 Å². The Labute approximate surface area is 87.6 Å². The van der Waals surface area contributed by atoms with Gasteiger partial charge in [0.1, 0.15) is 11.5 Å². The van der Waals surface area contributed by atoms with Crippen molar-refractivity contribution in [2.24, 2.45) is 0 Å². The highest BCUT2D eigenvalue weighted by atomic mass is 16.3. The lowest BCUT2D eigenvalue weighted by atomic mass is 10.1. The molecule has 0 heterocycles. The zero-order valence-corrected chi connectivity index (χ0v) is 8.19. The lowest BCUT2D eigenvalue weighted by Gasteiger charge is -2.08. The number of phenolic OH excluding ortho intramolecular Hbond substituents is 2. The summed E-state index contributed by atoms with van der Waals surface area (Å²) in [6.07, 6.45) is 5.09. The summed E-state index contributed by atoms with van der Waals surface area (Å²) < 4.78 is 0. The zero-order chi connectivity index (χ0) is 11.4. The first kappa shape index (κ1) is 10.9. The SMILES string of the molecule is C#CC(C)NC(=O)c1ccc(O)cc1O. The van der Waals surface area contributed by atoms with Crippen molar-refractivity contribution >= 4 is 5.91 Å². The van der Waals surface area contributed by atoms with Crippen LogP contribution in [0.5, 0.6) is 11.5 Å². The van der Waals surface area contributed by atoms with Crippen molar-refractivity contribution in [3.05, 3.63) is 23.8 Å². The van der Waals surface area contributed by atoms with Crippen LogP contribution in [-0.2, 0) is 0 Å². The van der Waals surface area contributed by atoms with Gasteiger partial charge in [-0.1, -0.05) is 5.92 Å². The van der Waals surface area contributed by atoms with Gasteiger partial charge in [-0.2, -0.15) is 0 Å². The smallest absolute Gasteiger partial charge is 0.255 e. The van der Waals surface area contributed by atoms with E-state index in [4.69, 9.17) is 11.5 Å². The van der Waals surface area contributed by atoms with Gasteiger partial charge in [0, 0.05) is 6.07 Å². The molecule has 1 aromatic rings. The Bertz CT molecular complexity index is 420. The number of terminal acetylenes is 1. The molecule has 1 amide bonds. The van der Waals surface area contributed by atoms with Crippen molar-refractivity contribution in [2.45, 2.75) is 13.0 Å². The van der Waals surface area contributed by atoms with Gasteiger partial charge in [0.15, 0.2) is 0 Å². The van der Waals surface area contributed by atoms with E-state index < -0.39 is 11.9 Å². The Kier molecular flexibility index (Phi) is 3.19. The number of benzene rings is 1. The third kappa shape index (κ3) is 2.64. The molecule has 0 aliphatic heterocycles. The summed E-state index contributed by atoms with van der Waals surface area (Å²) in [5, 5.41) is 20.9. The van der Waals surface area contributed by atoms with Gasteiger partial charge in [0.05, 0.1) is 11.6 Å². The number of nitrogens with one attached hydrogen (secondary N) is 1. The minimum absolute atomic E-state index is 0.0786. The van der Waals surface area contributed by atoms with Gasteiger partial charge in [0.25, 0.3) is 5.91 Å². The highest BCUT2D eigenvalue weighted by molar-refractivity contribution is 5.97. The lowest BCUT2D eigenvalue weighted by Crippen LogP contribution is -2.31. The van der Waals surface area contributed by atoms with Crippen LogP contribution in [0.3, 0.4) is 0 Å². The van der Waals surface area contributed by atoms with Crippen molar-refractivity contribution in [1.82, 2.24) is 5.32 Å². The summed E-state index contributed by atoms with van der Waals surface area (Å²) in [4.78, 5) is 11.5. The molecule has 1 aromatic carbocycles. The molecule has 0 radical (unpaired) electrons. The highest BCUT2D eigenvalue weighted by Crippen LogP contribution is 2.22. The van der Waals surface area contributed by atoms with Crippen LogP contribution in [0.15, 0.2) is 18.2 Å². The van der Waals surface area contributed by atoms with Gasteiger partial charge in [-0.3, -0.25) is 4.79 Å². The number of amides is 1. The molecule has 4 nitrogen and oxygen atoms in total. The normalized spacial score (nSPS) is 11.5. The first-order chi connectivity index (χ1) is 7.04. The standard InChI is InChI=1S/C11H11NO3/c1-3-7(2)12-11(15)9-5-4-8(13)6-10(9)14/h1,4-7,13-14H,2H3,(H,12,15). The van der Waals surface area contributed by atoms with Gasteiger partial charge in [-0.25, -0.2) is 0 Å². The summed E-state index contributed by atoms with van der Waals surface area (Å²) >= 11 is 0. The Morgan fingerprint density at radius 3 is 2.73 bits per heavy atom. The maximum atomic E-state index is 11.5. The van der Waals surface area contributed by atoms with Gasteiger partial charge in [0.2, 0.25) is 0 Å². The molecule has 0 bridgehead atoms. The number of carbonyl (C=O) groups is 1. The maximum absolute atomic E-state index is 11.5. The highest BCUT2D eigenvalue weighted by Gasteiger charge is 2.12. The van der Waals surface area contributed by atoms with Crippen LogP contribution in [-0.4, -0.2) is 22.2 Å². The molecule has 1 unspecified atom stereocenters. The molecule has 0 aliphatic carbocycles. The first-order valence-corrected chi connectivity index (χ1v) is 4.33. The summed E-state index contributed by atoms with van der Waals surface area (Å²) in [6, 6.07) is 3.32. The molecule has 78 valence electrons. The van der Waals surface area contributed by atoms with Gasteiger partial charge in [-0.15, -0.1) is 6.42 Å². The van der Waals surface area contributed by atoms with Crippen LogP contribution < -0.4 is 5.32 Å². The number of hydrogen-bond acceptors (Lipinski definition) is 3. The van der Waals surface area contributed by atoms with E-state index >= 15 is 0 Å². The molecular formula is C11H11NO3. The largest absolute Gasteiger partial charge is 0.508 e. The molecule has 4 heteroatoms. The number of rotatable bonds is 2. The third-order valence-corrected chi connectivity index (χ3v) is 1.82. The molecule has 1 atom stereocenters. The molecule has 0 saturated carbocycles. The fourth-order valence-corrected chi connectivity index (χ4v) is 1.03. The number of carbonyl (C=O) groups excluding carboxylic acids is 1. The number of aromatic hydroxyl groups is 2. The zero-order valence-electron chi connectivity index (χ0n) is 8.19. The molecule has 0 saturated heterocycles. The topological polar surface area (TPSA) is 69.6 Å². The summed E-state index contributed by atoms with van der Waals surface area (Å²) in [7, 11) is 0. The Morgan fingerprint density at radius 1 is 1.53 bits per heavy atom. The second-order valence-electron chi connectivity index (χ2n) is 3.06. The van der Waals surface area contributed by atoms with E-state index in [1.165, 1.54) is 12.1 Å². The Morgan fingerprint density at radius 2 is 2.20 bits per heavy atom. The average Bonchev–Trinajstić information content (AvgIpc) is 2.17. The fourth-order valence-electron chi connectivity index (χ4n) is 1.03. The van der Waals surface area contributed by atoms with E-state index in [1.807, 2.05) is 0 Å². The van der Waals surface area contributed by atoms with E-state index in [2.05, 4.69) is 11.2 Å². The monoisotopic (exact) mass is 205 g/mol. The van der Waals surface area contributed by atoms with E-state index in [0.717, 1.165) is 6.07 Å². The minimum Gasteiger partial charge on any atom is -0.508 e. The molecule has 15 heavy (non-hydrogen) atoms. The number of hydrogen-bond donors (Lipinski definition) is 3. The van der Waals surface area contributed by atoms with Crippen LogP contribution in [0.1, 0.15) is 17.3 Å². The van der Waals surface area contributed by atoms with Gasteiger partial charge < -0.3 is 15.5 Å². The lowest BCUT2D eigenvalue weighted by molar-refractivity contribution is 0.0945. The second kappa shape index (κ2) is 4.38. The molecule has 1 rings (SSSR count). The van der Waals surface area contributed by atoms with Gasteiger partial charge >= 0.3 is 0 Å². The van der Waals surface area contributed by atoms with Crippen molar-refractivity contribution in [1.29, 1.82) is 0 Å². The summed E-state index contributed by atoms with van der Waals surface area (Å²) in [5.41, 5.74) is 0.0786. The van der Waals surface area contributed by atoms with E-state index in [0.29, 0.717) is 0 Å². The van der Waals surface area contributed by atoms with Crippen molar-refractivity contribution in [3.8, 4) is 23.8 Å². The van der Waals surface area contributed by atoms with E-state index in [1.54, 1.807) is 6.92 Å². The average molecular weight is 205 g/mol. The summed E-state index contributed by atoms with van der Waals surface area (Å²) in [6.45, 7) is 1.65.